The number of rotatable bonds is 3. The minimum absolute atomic E-state index is 0.132. The highest BCUT2D eigenvalue weighted by molar-refractivity contribution is 5.40. The summed E-state index contributed by atoms with van der Waals surface area (Å²) in [5, 5.41) is 9.88. The van der Waals surface area contributed by atoms with Crippen LogP contribution in [0.25, 0.3) is 0 Å². The van der Waals surface area contributed by atoms with Gasteiger partial charge in [-0.3, -0.25) is 4.79 Å². The molecule has 4 aliphatic rings. The van der Waals surface area contributed by atoms with Gasteiger partial charge in [0.15, 0.2) is 0 Å². The van der Waals surface area contributed by atoms with Gasteiger partial charge in [-0.05, 0) is 68.6 Å². The van der Waals surface area contributed by atoms with E-state index in [1.807, 2.05) is 0 Å². The number of H-pyrrole nitrogens is 1. The van der Waals surface area contributed by atoms with Gasteiger partial charge in [-0.1, -0.05) is 0 Å². The summed E-state index contributed by atoms with van der Waals surface area (Å²) in [7, 11) is 0. The summed E-state index contributed by atoms with van der Waals surface area (Å²) in [4.78, 5) is 11.4. The zero-order valence-corrected chi connectivity index (χ0v) is 12.1. The van der Waals surface area contributed by atoms with Crippen molar-refractivity contribution in [3.8, 4) is 0 Å². The zero-order chi connectivity index (χ0) is 13.7. The topological polar surface area (TPSA) is 57.8 Å². The van der Waals surface area contributed by atoms with Crippen molar-refractivity contribution in [2.45, 2.75) is 51.5 Å². The van der Waals surface area contributed by atoms with Crippen molar-refractivity contribution in [2.24, 2.45) is 23.2 Å². The van der Waals surface area contributed by atoms with Crippen LogP contribution in [0.1, 0.15) is 45.4 Å². The lowest BCUT2D eigenvalue weighted by Crippen LogP contribution is -2.52. The molecule has 1 aromatic rings. The van der Waals surface area contributed by atoms with Crippen LogP contribution in [0.15, 0.2) is 17.1 Å². The minimum atomic E-state index is -0.132. The predicted molar refractivity (Wildman–Crippen MR) is 78.5 cm³/mol. The molecule has 108 valence electrons. The van der Waals surface area contributed by atoms with E-state index in [0.29, 0.717) is 11.5 Å². The Labute approximate surface area is 119 Å². The highest BCUT2D eigenvalue weighted by Crippen LogP contribution is 2.61. The van der Waals surface area contributed by atoms with Crippen LogP contribution in [0, 0.1) is 23.2 Å². The van der Waals surface area contributed by atoms with Crippen LogP contribution < -0.4 is 10.9 Å². The van der Waals surface area contributed by atoms with Crippen LogP contribution >= 0.6 is 0 Å². The number of hydrogen-bond donors (Lipinski definition) is 2. The summed E-state index contributed by atoms with van der Waals surface area (Å²) < 4.78 is 0. The second-order valence-corrected chi connectivity index (χ2v) is 7.48. The van der Waals surface area contributed by atoms with Gasteiger partial charge in [0.1, 0.15) is 0 Å². The molecule has 0 aromatic carbocycles. The second kappa shape index (κ2) is 4.34. The maximum Gasteiger partial charge on any atom is 0.266 e. The smallest absolute Gasteiger partial charge is 0.266 e. The fourth-order valence-electron chi connectivity index (χ4n) is 5.57. The van der Waals surface area contributed by atoms with Crippen LogP contribution in [-0.2, 0) is 0 Å². The van der Waals surface area contributed by atoms with Gasteiger partial charge in [-0.25, -0.2) is 5.10 Å². The molecule has 0 aliphatic heterocycles. The van der Waals surface area contributed by atoms with Crippen molar-refractivity contribution in [1.82, 2.24) is 10.2 Å². The van der Waals surface area contributed by atoms with Crippen LogP contribution in [0.5, 0.6) is 0 Å². The highest BCUT2D eigenvalue weighted by Gasteiger charge is 2.53. The minimum Gasteiger partial charge on any atom is -0.381 e. The summed E-state index contributed by atoms with van der Waals surface area (Å²) in [6.45, 7) is 2.30. The molecule has 0 radical (unpaired) electrons. The predicted octanol–water partition coefficient (Wildman–Crippen LogP) is 2.79. The normalized spacial score (nSPS) is 39.8. The highest BCUT2D eigenvalue weighted by atomic mass is 16.1. The van der Waals surface area contributed by atoms with Crippen LogP contribution in [-0.4, -0.2) is 16.2 Å². The maximum absolute atomic E-state index is 11.4. The monoisotopic (exact) mass is 273 g/mol. The molecule has 0 saturated heterocycles. The quantitative estimate of drug-likeness (QED) is 0.890. The first-order chi connectivity index (χ1) is 9.63. The van der Waals surface area contributed by atoms with Gasteiger partial charge in [0, 0.05) is 12.1 Å². The summed E-state index contributed by atoms with van der Waals surface area (Å²) in [5.74, 6) is 2.88. The Morgan fingerprint density at radius 2 is 1.85 bits per heavy atom. The summed E-state index contributed by atoms with van der Waals surface area (Å²) >= 11 is 0. The third-order valence-corrected chi connectivity index (χ3v) is 6.05. The van der Waals surface area contributed by atoms with Gasteiger partial charge in [0.2, 0.25) is 0 Å². The van der Waals surface area contributed by atoms with Crippen LogP contribution in [0.4, 0.5) is 5.69 Å². The number of nitrogens with one attached hydrogen (secondary N) is 2. The third-order valence-electron chi connectivity index (χ3n) is 6.05. The molecule has 4 bridgehead atoms. The lowest BCUT2D eigenvalue weighted by Gasteiger charge is -2.59. The number of anilines is 1. The molecule has 5 rings (SSSR count). The largest absolute Gasteiger partial charge is 0.381 e. The van der Waals surface area contributed by atoms with E-state index < -0.39 is 0 Å². The van der Waals surface area contributed by atoms with Gasteiger partial charge >= 0.3 is 0 Å². The van der Waals surface area contributed by atoms with E-state index in [0.717, 1.165) is 23.4 Å². The van der Waals surface area contributed by atoms with E-state index in [1.54, 1.807) is 12.3 Å². The lowest BCUT2D eigenvalue weighted by atomic mass is 9.48. The molecule has 2 N–H and O–H groups in total. The standard InChI is InChI=1S/C16H23N3O/c1-10(18-14-5-15(20)19-17-9-14)16-6-11-2-12(7-16)4-13(3-11)8-16/h5,9-13H,2-4,6-8H2,1H3,(H2,18,19,20). The van der Waals surface area contributed by atoms with Crippen molar-refractivity contribution in [1.29, 1.82) is 0 Å². The van der Waals surface area contributed by atoms with Crippen molar-refractivity contribution in [3.63, 3.8) is 0 Å². The van der Waals surface area contributed by atoms with E-state index in [9.17, 15) is 4.79 Å². The molecule has 20 heavy (non-hydrogen) atoms. The van der Waals surface area contributed by atoms with Crippen molar-refractivity contribution in [3.05, 3.63) is 22.6 Å². The molecule has 1 heterocycles. The molecular weight excluding hydrogens is 250 g/mol. The fraction of sp³-hybridized carbons (Fsp3) is 0.750. The molecule has 4 heteroatoms. The first kappa shape index (κ1) is 12.4. The number of nitrogens with zero attached hydrogens (tertiary/aromatic N) is 1. The number of aromatic nitrogens is 2. The molecular formula is C16H23N3O. The SMILES string of the molecule is CC(Nc1cn[nH]c(=O)c1)C12CC3CC(CC(C3)C1)C2. The molecule has 0 spiro atoms. The second-order valence-electron chi connectivity index (χ2n) is 7.48. The van der Waals surface area contributed by atoms with Crippen LogP contribution in [0.2, 0.25) is 0 Å². The van der Waals surface area contributed by atoms with Gasteiger partial charge in [0.05, 0.1) is 11.9 Å². The molecule has 4 nitrogen and oxygen atoms in total. The van der Waals surface area contributed by atoms with E-state index in [4.69, 9.17) is 0 Å². The van der Waals surface area contributed by atoms with E-state index >= 15 is 0 Å². The first-order valence-corrected chi connectivity index (χ1v) is 7.94. The van der Waals surface area contributed by atoms with Crippen molar-refractivity contribution in [2.75, 3.05) is 5.32 Å². The van der Waals surface area contributed by atoms with E-state index in [2.05, 4.69) is 22.4 Å². The third kappa shape index (κ3) is 1.97. The number of hydrogen-bond acceptors (Lipinski definition) is 3. The van der Waals surface area contributed by atoms with Crippen molar-refractivity contribution < 1.29 is 0 Å². The summed E-state index contributed by atoms with van der Waals surface area (Å²) in [6, 6.07) is 2.05. The molecule has 4 saturated carbocycles. The molecule has 1 unspecified atom stereocenters. The fourth-order valence-corrected chi connectivity index (χ4v) is 5.57. The van der Waals surface area contributed by atoms with Crippen molar-refractivity contribution >= 4 is 5.69 Å². The Kier molecular flexibility index (Phi) is 2.69. The lowest BCUT2D eigenvalue weighted by molar-refractivity contribution is -0.0602. The summed E-state index contributed by atoms with van der Waals surface area (Å²) in [6.07, 6.45) is 10.3. The van der Waals surface area contributed by atoms with Gasteiger partial charge in [0.25, 0.3) is 5.56 Å². The Morgan fingerprint density at radius 1 is 1.25 bits per heavy atom. The molecule has 1 aromatic heterocycles. The Bertz CT molecular complexity index is 530. The Morgan fingerprint density at radius 3 is 2.40 bits per heavy atom. The van der Waals surface area contributed by atoms with Crippen LogP contribution in [0.3, 0.4) is 0 Å². The Hall–Kier alpha value is -1.32. The maximum atomic E-state index is 11.4. The number of aromatic amines is 1. The zero-order valence-electron chi connectivity index (χ0n) is 12.1. The summed E-state index contributed by atoms with van der Waals surface area (Å²) in [5.41, 5.74) is 1.18. The average molecular weight is 273 g/mol. The molecule has 0 amide bonds. The van der Waals surface area contributed by atoms with Gasteiger partial charge in [-0.2, -0.15) is 5.10 Å². The average Bonchev–Trinajstić information content (AvgIpc) is 2.37. The Balaban J connectivity index is 1.56. The first-order valence-electron chi connectivity index (χ1n) is 7.94. The molecule has 4 fully saturated rings. The van der Waals surface area contributed by atoms with E-state index in [-0.39, 0.29) is 5.56 Å². The van der Waals surface area contributed by atoms with E-state index in [1.165, 1.54) is 38.5 Å². The van der Waals surface area contributed by atoms with Gasteiger partial charge < -0.3 is 5.32 Å². The molecule has 1 atom stereocenters. The molecule has 4 aliphatic carbocycles. The van der Waals surface area contributed by atoms with Gasteiger partial charge in [-0.15, -0.1) is 0 Å².